The van der Waals surface area contributed by atoms with Gasteiger partial charge in [-0.2, -0.15) is 0 Å². The molecule has 0 radical (unpaired) electrons. The largest absolute Gasteiger partial charge is 0.508 e. The van der Waals surface area contributed by atoms with Crippen LogP contribution in [0.1, 0.15) is 54.8 Å². The van der Waals surface area contributed by atoms with Gasteiger partial charge in [-0.15, -0.1) is 24.8 Å². The first kappa shape index (κ1) is 21.6. The molecular formula is C19H32Cl2N2O. The molecule has 2 aliphatic rings. The highest BCUT2D eigenvalue weighted by molar-refractivity contribution is 5.85. The van der Waals surface area contributed by atoms with Crippen molar-refractivity contribution in [3.05, 3.63) is 28.8 Å². The van der Waals surface area contributed by atoms with Gasteiger partial charge in [0.15, 0.2) is 0 Å². The Morgan fingerprint density at radius 3 is 2.08 bits per heavy atom. The predicted octanol–water partition coefficient (Wildman–Crippen LogP) is 4.38. The molecule has 3 nitrogen and oxygen atoms in total. The maximum Gasteiger partial charge on any atom is 0.116 e. The summed E-state index contributed by atoms with van der Waals surface area (Å²) in [5.74, 6) is 1.18. The second kappa shape index (κ2) is 9.86. The topological polar surface area (TPSA) is 35.5 Å². The molecule has 2 N–H and O–H groups in total. The number of benzene rings is 1. The van der Waals surface area contributed by atoms with Crippen LogP contribution >= 0.6 is 24.8 Å². The highest BCUT2D eigenvalue weighted by atomic mass is 35.5. The molecule has 1 atom stereocenters. The van der Waals surface area contributed by atoms with Crippen molar-refractivity contribution in [2.24, 2.45) is 5.92 Å². The Hall–Kier alpha value is -0.480. The fraction of sp³-hybridized carbons (Fsp3) is 0.684. The molecule has 1 saturated heterocycles. The van der Waals surface area contributed by atoms with Crippen LogP contribution in [0.5, 0.6) is 5.75 Å². The van der Waals surface area contributed by atoms with E-state index in [1.54, 1.807) is 0 Å². The Labute approximate surface area is 159 Å². The van der Waals surface area contributed by atoms with Gasteiger partial charge in [0.2, 0.25) is 0 Å². The second-order valence-corrected chi connectivity index (χ2v) is 7.12. The van der Waals surface area contributed by atoms with E-state index in [1.807, 2.05) is 12.1 Å². The molecule has 0 spiro atoms. The SMILES string of the molecule is Cc1cc(O)cc(C)c1[C@H](C1CCCCC1)N1CCNCC1.Cl.Cl. The van der Waals surface area contributed by atoms with Gasteiger partial charge in [0.05, 0.1) is 0 Å². The van der Waals surface area contributed by atoms with Gasteiger partial charge in [-0.05, 0) is 61.4 Å². The van der Waals surface area contributed by atoms with E-state index < -0.39 is 0 Å². The smallest absolute Gasteiger partial charge is 0.116 e. The van der Waals surface area contributed by atoms with Crippen LogP contribution in [-0.2, 0) is 0 Å². The number of rotatable bonds is 3. The van der Waals surface area contributed by atoms with Gasteiger partial charge >= 0.3 is 0 Å². The summed E-state index contributed by atoms with van der Waals surface area (Å²) < 4.78 is 0. The zero-order valence-electron chi connectivity index (χ0n) is 14.9. The third-order valence-corrected chi connectivity index (χ3v) is 5.52. The van der Waals surface area contributed by atoms with E-state index >= 15 is 0 Å². The fourth-order valence-electron chi connectivity index (χ4n) is 4.54. The van der Waals surface area contributed by atoms with Crippen molar-refractivity contribution in [1.29, 1.82) is 0 Å². The molecule has 0 unspecified atom stereocenters. The predicted molar refractivity (Wildman–Crippen MR) is 106 cm³/mol. The summed E-state index contributed by atoms with van der Waals surface area (Å²) in [6.07, 6.45) is 6.87. The Kier molecular flexibility index (Phi) is 8.86. The molecule has 1 heterocycles. The van der Waals surface area contributed by atoms with Crippen LogP contribution in [-0.4, -0.2) is 36.2 Å². The minimum atomic E-state index is 0. The van der Waals surface area contributed by atoms with Gasteiger partial charge in [0.1, 0.15) is 5.75 Å². The number of nitrogens with one attached hydrogen (secondary N) is 1. The third kappa shape index (κ3) is 4.78. The molecule has 138 valence electrons. The monoisotopic (exact) mass is 374 g/mol. The van der Waals surface area contributed by atoms with Gasteiger partial charge in [-0.1, -0.05) is 19.3 Å². The van der Waals surface area contributed by atoms with Crippen LogP contribution in [0.15, 0.2) is 12.1 Å². The maximum absolute atomic E-state index is 9.90. The minimum Gasteiger partial charge on any atom is -0.508 e. The summed E-state index contributed by atoms with van der Waals surface area (Å²) in [6.45, 7) is 8.81. The van der Waals surface area contributed by atoms with Crippen LogP contribution in [0.25, 0.3) is 0 Å². The lowest BCUT2D eigenvalue weighted by Gasteiger charge is -2.42. The number of halogens is 2. The number of phenolic OH excluding ortho intramolecular Hbond substituents is 1. The van der Waals surface area contributed by atoms with E-state index in [0.29, 0.717) is 11.8 Å². The van der Waals surface area contributed by atoms with Crippen molar-refractivity contribution in [3.63, 3.8) is 0 Å². The van der Waals surface area contributed by atoms with Gasteiger partial charge in [-0.25, -0.2) is 0 Å². The van der Waals surface area contributed by atoms with Crippen LogP contribution in [0.3, 0.4) is 0 Å². The molecule has 24 heavy (non-hydrogen) atoms. The molecule has 0 bridgehead atoms. The lowest BCUT2D eigenvalue weighted by Crippen LogP contribution is -2.47. The van der Waals surface area contributed by atoms with Crippen molar-refractivity contribution in [2.45, 2.75) is 52.0 Å². The number of nitrogens with zero attached hydrogens (tertiary/aromatic N) is 1. The molecule has 1 aromatic carbocycles. The minimum absolute atomic E-state index is 0. The normalized spacial score (nSPS) is 20.8. The first-order chi connectivity index (χ1) is 10.7. The highest BCUT2D eigenvalue weighted by Gasteiger charge is 2.32. The lowest BCUT2D eigenvalue weighted by atomic mass is 9.78. The summed E-state index contributed by atoms with van der Waals surface area (Å²) in [6, 6.07) is 4.42. The summed E-state index contributed by atoms with van der Waals surface area (Å²) in [7, 11) is 0. The molecule has 1 aliphatic carbocycles. The molecule has 3 rings (SSSR count). The van der Waals surface area contributed by atoms with Crippen LogP contribution < -0.4 is 5.32 Å². The van der Waals surface area contributed by atoms with Crippen LogP contribution in [0.2, 0.25) is 0 Å². The molecule has 1 saturated carbocycles. The molecule has 5 heteroatoms. The number of piperazine rings is 1. The molecule has 0 aromatic heterocycles. The summed E-state index contributed by atoms with van der Waals surface area (Å²) >= 11 is 0. The number of aromatic hydroxyl groups is 1. The van der Waals surface area contributed by atoms with E-state index in [9.17, 15) is 5.11 Å². The van der Waals surface area contributed by atoms with Crippen molar-refractivity contribution in [2.75, 3.05) is 26.2 Å². The fourth-order valence-corrected chi connectivity index (χ4v) is 4.54. The number of hydrogen-bond donors (Lipinski definition) is 2. The Morgan fingerprint density at radius 1 is 1.00 bits per heavy atom. The first-order valence-electron chi connectivity index (χ1n) is 8.91. The first-order valence-corrected chi connectivity index (χ1v) is 8.91. The summed E-state index contributed by atoms with van der Waals surface area (Å²) in [4.78, 5) is 2.69. The molecular weight excluding hydrogens is 343 g/mol. The standard InChI is InChI=1S/C19H30N2O.2ClH/c1-14-12-17(22)13-15(2)18(14)19(16-6-4-3-5-7-16)21-10-8-20-9-11-21;;/h12-13,16,19-20,22H,3-11H2,1-2H3;2*1H/t19-;;/m0../s1. The number of aryl methyl sites for hydroxylation is 2. The molecule has 1 aliphatic heterocycles. The van der Waals surface area contributed by atoms with E-state index in [1.165, 1.54) is 48.8 Å². The molecule has 2 fully saturated rings. The summed E-state index contributed by atoms with van der Waals surface area (Å²) in [5, 5.41) is 13.4. The van der Waals surface area contributed by atoms with Crippen LogP contribution in [0, 0.1) is 19.8 Å². The van der Waals surface area contributed by atoms with Crippen molar-refractivity contribution in [1.82, 2.24) is 10.2 Å². The van der Waals surface area contributed by atoms with Crippen molar-refractivity contribution >= 4 is 24.8 Å². The maximum atomic E-state index is 9.90. The molecule has 0 amide bonds. The van der Waals surface area contributed by atoms with Crippen molar-refractivity contribution < 1.29 is 5.11 Å². The van der Waals surface area contributed by atoms with Gasteiger partial charge in [-0.3, -0.25) is 4.90 Å². The second-order valence-electron chi connectivity index (χ2n) is 7.12. The average Bonchev–Trinajstić information content (AvgIpc) is 2.52. The van der Waals surface area contributed by atoms with Gasteiger partial charge in [0.25, 0.3) is 0 Å². The number of hydrogen-bond acceptors (Lipinski definition) is 3. The van der Waals surface area contributed by atoms with E-state index in [0.717, 1.165) is 32.1 Å². The Balaban J connectivity index is 0.00000144. The zero-order chi connectivity index (χ0) is 15.5. The van der Waals surface area contributed by atoms with E-state index in [2.05, 4.69) is 24.1 Å². The summed E-state index contributed by atoms with van der Waals surface area (Å²) in [5.41, 5.74) is 3.99. The molecule has 1 aromatic rings. The highest BCUT2D eigenvalue weighted by Crippen LogP contribution is 2.41. The Morgan fingerprint density at radius 2 is 1.54 bits per heavy atom. The zero-order valence-corrected chi connectivity index (χ0v) is 16.5. The van der Waals surface area contributed by atoms with Crippen molar-refractivity contribution in [3.8, 4) is 5.75 Å². The van der Waals surface area contributed by atoms with Crippen LogP contribution in [0.4, 0.5) is 0 Å². The van der Waals surface area contributed by atoms with E-state index in [-0.39, 0.29) is 24.8 Å². The van der Waals surface area contributed by atoms with Gasteiger partial charge < -0.3 is 10.4 Å². The lowest BCUT2D eigenvalue weighted by molar-refractivity contribution is 0.102. The Bertz CT molecular complexity index is 471. The average molecular weight is 375 g/mol. The van der Waals surface area contributed by atoms with Gasteiger partial charge in [0, 0.05) is 32.2 Å². The quantitative estimate of drug-likeness (QED) is 0.823. The third-order valence-electron chi connectivity index (χ3n) is 5.52. The van der Waals surface area contributed by atoms with E-state index in [4.69, 9.17) is 0 Å². The number of phenols is 1.